The van der Waals surface area contributed by atoms with Gasteiger partial charge in [0.1, 0.15) is 0 Å². The van der Waals surface area contributed by atoms with Crippen LogP contribution in [0.25, 0.3) is 33.0 Å². The van der Waals surface area contributed by atoms with Gasteiger partial charge in [-0.25, -0.2) is 0 Å². The topological polar surface area (TPSA) is 33.7 Å². The van der Waals surface area contributed by atoms with Gasteiger partial charge in [-0.1, -0.05) is 129 Å². The lowest BCUT2D eigenvalue weighted by atomic mass is 9.58. The van der Waals surface area contributed by atoms with Crippen molar-refractivity contribution in [3.8, 4) is 45.3 Å². The monoisotopic (exact) mass is 738 g/mol. The van der Waals surface area contributed by atoms with Gasteiger partial charge in [-0.2, -0.15) is 0 Å². The second-order valence-electron chi connectivity index (χ2n) is 16.4. The first-order valence-electron chi connectivity index (χ1n) is 19.8. The number of hydrogen-bond donors (Lipinski definition) is 1. The number of nitrogens with one attached hydrogen (secondary N) is 1. The van der Waals surface area contributed by atoms with Crippen LogP contribution in [0.5, 0.6) is 23.0 Å². The van der Waals surface area contributed by atoms with Crippen molar-refractivity contribution < 1.29 is 9.47 Å². The summed E-state index contributed by atoms with van der Waals surface area (Å²) < 4.78 is 13.0. The van der Waals surface area contributed by atoms with E-state index < -0.39 is 0 Å². The van der Waals surface area contributed by atoms with E-state index in [4.69, 9.17) is 9.47 Å². The first-order valence-corrected chi connectivity index (χ1v) is 19.8. The normalized spacial score (nSPS) is 12.7. The molecular formula is C52H43BN2O2. The molecule has 276 valence electrons. The minimum absolute atomic E-state index is 0.0753. The molecule has 0 spiro atoms. The van der Waals surface area contributed by atoms with Crippen LogP contribution in [0.2, 0.25) is 0 Å². The van der Waals surface area contributed by atoms with Crippen LogP contribution in [-0.2, 0) is 5.41 Å². The van der Waals surface area contributed by atoms with E-state index >= 15 is 0 Å². The van der Waals surface area contributed by atoms with Crippen molar-refractivity contribution in [2.24, 2.45) is 0 Å². The van der Waals surface area contributed by atoms with Gasteiger partial charge in [0.2, 0.25) is 0 Å². The summed E-state index contributed by atoms with van der Waals surface area (Å²) in [4.78, 5) is 2.44. The predicted molar refractivity (Wildman–Crippen MR) is 240 cm³/mol. The highest BCUT2D eigenvalue weighted by Crippen LogP contribution is 2.49. The van der Waals surface area contributed by atoms with Gasteiger partial charge in [0.05, 0.1) is 5.69 Å². The number of para-hydroxylation sites is 2. The second kappa shape index (κ2) is 13.5. The summed E-state index contributed by atoms with van der Waals surface area (Å²) >= 11 is 0. The number of ether oxygens (including phenoxy) is 2. The smallest absolute Gasteiger partial charge is 0.198 e. The third-order valence-corrected chi connectivity index (χ3v) is 11.4. The fourth-order valence-corrected chi connectivity index (χ4v) is 8.50. The third kappa shape index (κ3) is 6.20. The van der Waals surface area contributed by atoms with Crippen molar-refractivity contribution in [1.29, 1.82) is 0 Å². The van der Waals surface area contributed by atoms with Crippen molar-refractivity contribution in [2.75, 3.05) is 10.2 Å². The summed E-state index contributed by atoms with van der Waals surface area (Å²) in [7, 11) is 0.725. The van der Waals surface area contributed by atoms with Crippen LogP contribution < -0.4 is 30.6 Å². The van der Waals surface area contributed by atoms with Crippen molar-refractivity contribution in [1.82, 2.24) is 0 Å². The Labute approximate surface area is 335 Å². The lowest BCUT2D eigenvalue weighted by Crippen LogP contribution is -2.41. The number of rotatable bonds is 5. The van der Waals surface area contributed by atoms with Gasteiger partial charge in [0, 0.05) is 39.8 Å². The Morgan fingerprint density at radius 1 is 0.544 bits per heavy atom. The van der Waals surface area contributed by atoms with Crippen molar-refractivity contribution >= 4 is 57.4 Å². The van der Waals surface area contributed by atoms with Gasteiger partial charge in [0.15, 0.2) is 30.3 Å². The Hall–Kier alpha value is -6.72. The highest BCUT2D eigenvalue weighted by Gasteiger charge is 2.32. The SMILES string of the molecule is Cc1cc(-c2ccc3ccccc3c2Nc2ccc(C(C)(C)C)cc2)c2c(c1)N(c1ccc(-c3ccccc3)cc1C)c1cc3c(cc1B2)Oc1ccccc1O3. The maximum absolute atomic E-state index is 6.52. The van der Waals surface area contributed by atoms with Crippen molar-refractivity contribution in [3.63, 3.8) is 0 Å². The zero-order chi connectivity index (χ0) is 38.8. The van der Waals surface area contributed by atoms with Gasteiger partial charge >= 0.3 is 0 Å². The molecule has 2 aliphatic rings. The lowest BCUT2D eigenvalue weighted by Gasteiger charge is -2.37. The number of nitrogens with zero attached hydrogens (tertiary/aromatic N) is 1. The fourth-order valence-electron chi connectivity index (χ4n) is 8.50. The first-order chi connectivity index (χ1) is 27.7. The zero-order valence-electron chi connectivity index (χ0n) is 33.0. The van der Waals surface area contributed by atoms with Crippen molar-refractivity contribution in [3.05, 3.63) is 174 Å². The van der Waals surface area contributed by atoms with Gasteiger partial charge in [0.25, 0.3) is 0 Å². The standard InChI is InChI=1S/C52H43BN2O2/c1-32-27-41(40-25-19-35-15-9-10-16-39(35)51(40)54-38-23-21-37(22-24-38)52(3,4)5)50-45(28-32)55(43-26-20-36(29-33(43)2)34-13-7-6-8-14-34)44-31-49-48(30-42(44)53-50)56-46-17-11-12-18-47(46)57-49/h6-31,53-54H,1-5H3. The van der Waals surface area contributed by atoms with Crippen molar-refractivity contribution in [2.45, 2.75) is 40.0 Å². The predicted octanol–water partition coefficient (Wildman–Crippen LogP) is 12.9. The third-order valence-electron chi connectivity index (χ3n) is 11.4. The molecule has 4 nitrogen and oxygen atoms in total. The Kier molecular flexibility index (Phi) is 8.23. The molecule has 10 rings (SSSR count). The molecule has 8 aromatic carbocycles. The van der Waals surface area contributed by atoms with E-state index in [9.17, 15) is 0 Å². The zero-order valence-corrected chi connectivity index (χ0v) is 33.0. The average molecular weight is 739 g/mol. The molecular weight excluding hydrogens is 695 g/mol. The van der Waals surface area contributed by atoms with Crippen LogP contribution in [0.3, 0.4) is 0 Å². The van der Waals surface area contributed by atoms with Crippen LogP contribution in [-0.4, -0.2) is 7.28 Å². The van der Waals surface area contributed by atoms with Gasteiger partial charge in [-0.3, -0.25) is 0 Å². The molecule has 1 N–H and O–H groups in total. The minimum Gasteiger partial charge on any atom is -0.450 e. The molecule has 0 fully saturated rings. The van der Waals surface area contributed by atoms with Gasteiger partial charge in [-0.05, 0) is 112 Å². The van der Waals surface area contributed by atoms with Crippen LogP contribution in [0.4, 0.5) is 28.4 Å². The van der Waals surface area contributed by atoms with E-state index in [1.807, 2.05) is 24.3 Å². The Bertz CT molecular complexity index is 2860. The van der Waals surface area contributed by atoms with Gasteiger partial charge < -0.3 is 19.7 Å². The van der Waals surface area contributed by atoms with Crippen LogP contribution >= 0.6 is 0 Å². The molecule has 57 heavy (non-hydrogen) atoms. The number of hydrogen-bond acceptors (Lipinski definition) is 4. The van der Waals surface area contributed by atoms with E-state index in [-0.39, 0.29) is 5.41 Å². The van der Waals surface area contributed by atoms with E-state index in [2.05, 4.69) is 178 Å². The van der Waals surface area contributed by atoms with E-state index in [0.717, 1.165) is 47.3 Å². The van der Waals surface area contributed by atoms with E-state index in [0.29, 0.717) is 5.75 Å². The first kappa shape index (κ1) is 34.8. The molecule has 0 bridgehead atoms. The number of fused-ring (bicyclic) bond motifs is 5. The van der Waals surface area contributed by atoms with Crippen LogP contribution in [0.15, 0.2) is 158 Å². The molecule has 0 saturated heterocycles. The summed E-state index contributed by atoms with van der Waals surface area (Å²) in [6.45, 7) is 11.2. The average Bonchev–Trinajstić information content (AvgIpc) is 3.22. The number of aryl methyl sites for hydroxylation is 2. The Balaban J connectivity index is 1.17. The molecule has 5 heteroatoms. The largest absolute Gasteiger partial charge is 0.450 e. The number of benzene rings is 8. The molecule has 0 saturated carbocycles. The van der Waals surface area contributed by atoms with Crippen LogP contribution in [0.1, 0.15) is 37.5 Å². The summed E-state index contributed by atoms with van der Waals surface area (Å²) in [6.07, 6.45) is 0. The summed E-state index contributed by atoms with van der Waals surface area (Å²) in [5.41, 5.74) is 16.5. The highest BCUT2D eigenvalue weighted by molar-refractivity contribution is 6.73. The number of anilines is 5. The molecule has 2 heterocycles. The van der Waals surface area contributed by atoms with E-state index in [1.54, 1.807) is 0 Å². The lowest BCUT2D eigenvalue weighted by molar-refractivity contribution is 0.360. The maximum Gasteiger partial charge on any atom is 0.198 e. The molecule has 0 aliphatic carbocycles. The molecule has 0 amide bonds. The minimum atomic E-state index is 0.0753. The Morgan fingerprint density at radius 2 is 1.25 bits per heavy atom. The molecule has 0 radical (unpaired) electrons. The summed E-state index contributed by atoms with van der Waals surface area (Å²) in [5.74, 6) is 2.89. The van der Waals surface area contributed by atoms with Gasteiger partial charge in [-0.15, -0.1) is 0 Å². The quantitative estimate of drug-likeness (QED) is 0.178. The van der Waals surface area contributed by atoms with Crippen LogP contribution in [0, 0.1) is 13.8 Å². The molecule has 0 unspecified atom stereocenters. The molecule has 8 aromatic rings. The highest BCUT2D eigenvalue weighted by atomic mass is 16.6. The maximum atomic E-state index is 6.52. The summed E-state index contributed by atoms with van der Waals surface area (Å²) in [5, 5.41) is 6.29. The second-order valence-corrected chi connectivity index (χ2v) is 16.4. The Morgan fingerprint density at radius 3 is 1.98 bits per heavy atom. The molecule has 0 aromatic heterocycles. The fraction of sp³-hybridized carbons (Fsp3) is 0.115. The molecule has 2 aliphatic heterocycles. The molecule has 0 atom stereocenters. The van der Waals surface area contributed by atoms with E-state index in [1.165, 1.54) is 66.3 Å². The summed E-state index contributed by atoms with van der Waals surface area (Å²) in [6, 6.07) is 56.5.